The van der Waals surface area contributed by atoms with E-state index >= 15 is 0 Å². The minimum Gasteiger partial charge on any atom is -0.491 e. The summed E-state index contributed by atoms with van der Waals surface area (Å²) < 4.78 is 10.7. The van der Waals surface area contributed by atoms with Crippen LogP contribution in [0.1, 0.15) is 24.8 Å². The minimum absolute atomic E-state index is 0.107. The molecule has 27 heavy (non-hydrogen) atoms. The van der Waals surface area contributed by atoms with Gasteiger partial charge in [-0.05, 0) is 49.7 Å². The van der Waals surface area contributed by atoms with E-state index in [0.717, 1.165) is 12.3 Å². The maximum Gasteiger partial charge on any atom is 0.271 e. The van der Waals surface area contributed by atoms with Gasteiger partial charge in [0.05, 0.1) is 7.11 Å². The number of benzene rings is 1. The van der Waals surface area contributed by atoms with Crippen molar-refractivity contribution in [1.29, 1.82) is 0 Å². The van der Waals surface area contributed by atoms with Gasteiger partial charge in [0.25, 0.3) is 10.9 Å². The number of likely N-dealkylation sites (tertiary alicyclic amines) is 1. The normalized spacial score (nSPS) is 15.3. The zero-order valence-electron chi connectivity index (χ0n) is 15.7. The summed E-state index contributed by atoms with van der Waals surface area (Å²) in [5, 5.41) is 2.89. The summed E-state index contributed by atoms with van der Waals surface area (Å²) >= 11 is 0. The van der Waals surface area contributed by atoms with E-state index in [0.29, 0.717) is 13.2 Å². The molecule has 2 aromatic rings. The summed E-state index contributed by atoms with van der Waals surface area (Å²) in [6.07, 6.45) is 7.65. The van der Waals surface area contributed by atoms with Gasteiger partial charge in [-0.2, -0.15) is 0 Å². The van der Waals surface area contributed by atoms with E-state index in [-0.39, 0.29) is 11.4 Å². The first-order valence-electron chi connectivity index (χ1n) is 9.39. The Labute approximate surface area is 159 Å². The van der Waals surface area contributed by atoms with Gasteiger partial charge in [0.15, 0.2) is 5.75 Å². The van der Waals surface area contributed by atoms with Crippen LogP contribution < -0.4 is 25.6 Å². The number of hydrogen-bond acceptors (Lipinski definition) is 6. The number of nitrogens with one attached hydrogen (secondary N) is 1. The monoisotopic (exact) mass is 370 g/mol. The third-order valence-electron chi connectivity index (χ3n) is 4.73. The van der Waals surface area contributed by atoms with Gasteiger partial charge in [-0.1, -0.05) is 24.6 Å². The van der Waals surface area contributed by atoms with Gasteiger partial charge in [0, 0.05) is 13.1 Å². The van der Waals surface area contributed by atoms with Gasteiger partial charge in [0.1, 0.15) is 18.0 Å². The molecule has 1 fully saturated rings. The lowest BCUT2D eigenvalue weighted by Crippen LogP contribution is -2.35. The quantitative estimate of drug-likeness (QED) is 0.540. The van der Waals surface area contributed by atoms with Crippen LogP contribution in [0.2, 0.25) is 0 Å². The van der Waals surface area contributed by atoms with Crippen LogP contribution in [0.4, 0.5) is 5.69 Å². The Morgan fingerprint density at radius 2 is 1.93 bits per heavy atom. The van der Waals surface area contributed by atoms with Crippen molar-refractivity contribution in [2.75, 3.05) is 38.7 Å². The molecule has 144 valence electrons. The summed E-state index contributed by atoms with van der Waals surface area (Å²) in [5.41, 5.74) is 0.421. The Balaban J connectivity index is 1.41. The number of ether oxygens (including phenoxy) is 2. The molecule has 6 heteroatoms. The minimum atomic E-state index is -0.572. The molecule has 0 spiro atoms. The lowest BCUT2D eigenvalue weighted by atomic mass is 10.1. The van der Waals surface area contributed by atoms with Crippen molar-refractivity contribution in [3.63, 3.8) is 0 Å². The number of methoxy groups -OCH3 is 1. The second kappa shape index (κ2) is 9.37. The molecule has 0 unspecified atom stereocenters. The van der Waals surface area contributed by atoms with Crippen LogP contribution in [0.15, 0.2) is 46.0 Å². The average molecular weight is 370 g/mol. The van der Waals surface area contributed by atoms with Crippen LogP contribution in [0.25, 0.3) is 0 Å². The van der Waals surface area contributed by atoms with Crippen molar-refractivity contribution in [2.45, 2.75) is 25.8 Å². The van der Waals surface area contributed by atoms with Gasteiger partial charge < -0.3 is 14.8 Å². The molecule has 0 aliphatic carbocycles. The molecule has 1 N–H and O–H groups in total. The largest absolute Gasteiger partial charge is 0.491 e. The SMILES string of the molecule is COc1c(NCC=CCOc2cccc(CN3CCCCC3)c2)c(=O)c1=O. The molecule has 2 aromatic carbocycles. The molecule has 0 saturated carbocycles. The number of nitrogens with zero attached hydrogens (tertiary/aromatic N) is 1. The molecule has 1 saturated heterocycles. The maximum atomic E-state index is 11.4. The molecule has 1 aliphatic rings. The van der Waals surface area contributed by atoms with E-state index in [2.05, 4.69) is 22.3 Å². The van der Waals surface area contributed by atoms with Crippen LogP contribution in [0.3, 0.4) is 0 Å². The van der Waals surface area contributed by atoms with Gasteiger partial charge in [-0.25, -0.2) is 0 Å². The van der Waals surface area contributed by atoms with Crippen LogP contribution in [-0.4, -0.2) is 38.3 Å². The summed E-state index contributed by atoms with van der Waals surface area (Å²) in [7, 11) is 1.38. The molecule has 0 radical (unpaired) electrons. The molecule has 3 rings (SSSR count). The maximum absolute atomic E-state index is 11.4. The highest BCUT2D eigenvalue weighted by molar-refractivity contribution is 5.61. The number of piperidine rings is 1. The Morgan fingerprint density at radius 1 is 1.11 bits per heavy atom. The van der Waals surface area contributed by atoms with Crippen molar-refractivity contribution < 1.29 is 9.47 Å². The van der Waals surface area contributed by atoms with Crippen molar-refractivity contribution >= 4 is 5.69 Å². The van der Waals surface area contributed by atoms with Crippen LogP contribution in [-0.2, 0) is 6.54 Å². The number of hydrogen-bond donors (Lipinski definition) is 1. The third-order valence-corrected chi connectivity index (χ3v) is 4.73. The van der Waals surface area contributed by atoms with Gasteiger partial charge in [0.2, 0.25) is 0 Å². The summed E-state index contributed by atoms with van der Waals surface area (Å²) in [6, 6.07) is 8.21. The molecule has 6 nitrogen and oxygen atoms in total. The highest BCUT2D eigenvalue weighted by Crippen LogP contribution is 2.18. The third kappa shape index (κ3) is 4.98. The summed E-state index contributed by atoms with van der Waals surface area (Å²) in [6.45, 7) is 4.20. The highest BCUT2D eigenvalue weighted by Gasteiger charge is 2.20. The first-order valence-corrected chi connectivity index (χ1v) is 9.39. The molecule has 0 atom stereocenters. The standard InChI is InChI=1S/C21H26N2O4/c1-26-21-18(19(24)20(21)25)22-10-3-6-13-27-17-9-7-8-16(14-17)15-23-11-4-2-5-12-23/h3,6-9,14,22H,2,4-5,10-13,15H2,1H3. The van der Waals surface area contributed by atoms with E-state index in [9.17, 15) is 9.59 Å². The van der Waals surface area contributed by atoms with Gasteiger partial charge >= 0.3 is 0 Å². The van der Waals surface area contributed by atoms with E-state index < -0.39 is 10.9 Å². The molecule has 0 amide bonds. The summed E-state index contributed by atoms with van der Waals surface area (Å²) in [5.74, 6) is 0.960. The molecular weight excluding hydrogens is 344 g/mol. The molecule has 0 bridgehead atoms. The second-order valence-electron chi connectivity index (χ2n) is 6.71. The fourth-order valence-electron chi connectivity index (χ4n) is 3.29. The Hall–Kier alpha value is -2.60. The topological polar surface area (TPSA) is 67.9 Å². The number of rotatable bonds is 9. The fraction of sp³-hybridized carbons (Fsp3) is 0.429. The van der Waals surface area contributed by atoms with Crippen molar-refractivity contribution in [2.24, 2.45) is 0 Å². The van der Waals surface area contributed by atoms with Crippen LogP contribution in [0, 0.1) is 0 Å². The lowest BCUT2D eigenvalue weighted by Gasteiger charge is -2.26. The van der Waals surface area contributed by atoms with E-state index in [4.69, 9.17) is 9.47 Å². The zero-order chi connectivity index (χ0) is 19.1. The molecule has 1 heterocycles. The van der Waals surface area contributed by atoms with Crippen molar-refractivity contribution in [1.82, 2.24) is 4.90 Å². The first kappa shape index (κ1) is 19.2. The van der Waals surface area contributed by atoms with Gasteiger partial charge in [-0.3, -0.25) is 14.5 Å². The predicted octanol–water partition coefficient (Wildman–Crippen LogP) is 2.32. The Kier molecular flexibility index (Phi) is 6.65. The Bertz CT molecular complexity index is 846. The number of anilines is 1. The predicted molar refractivity (Wildman–Crippen MR) is 107 cm³/mol. The van der Waals surface area contributed by atoms with Gasteiger partial charge in [-0.15, -0.1) is 0 Å². The Morgan fingerprint density at radius 3 is 2.70 bits per heavy atom. The smallest absolute Gasteiger partial charge is 0.271 e. The molecule has 0 aromatic heterocycles. The zero-order valence-corrected chi connectivity index (χ0v) is 15.7. The molecular formula is C21H26N2O4. The summed E-state index contributed by atoms with van der Waals surface area (Å²) in [4.78, 5) is 25.1. The molecule has 1 aliphatic heterocycles. The fourth-order valence-corrected chi connectivity index (χ4v) is 3.29. The highest BCUT2D eigenvalue weighted by atomic mass is 16.5. The van der Waals surface area contributed by atoms with E-state index in [1.807, 2.05) is 24.3 Å². The van der Waals surface area contributed by atoms with E-state index in [1.165, 1.54) is 45.0 Å². The first-order chi connectivity index (χ1) is 13.2. The average Bonchev–Trinajstić information content (AvgIpc) is 2.70. The van der Waals surface area contributed by atoms with Crippen molar-refractivity contribution in [3.8, 4) is 11.5 Å². The van der Waals surface area contributed by atoms with Crippen LogP contribution in [0.5, 0.6) is 11.5 Å². The van der Waals surface area contributed by atoms with Crippen molar-refractivity contribution in [3.05, 3.63) is 62.4 Å². The lowest BCUT2D eigenvalue weighted by molar-refractivity contribution is 0.220. The van der Waals surface area contributed by atoms with Crippen LogP contribution >= 0.6 is 0 Å². The second-order valence-corrected chi connectivity index (χ2v) is 6.71. The van der Waals surface area contributed by atoms with E-state index in [1.54, 1.807) is 0 Å².